The molecule has 0 radical (unpaired) electrons. The molecule has 1 saturated heterocycles. The van der Waals surface area contributed by atoms with Crippen LogP contribution in [-0.4, -0.2) is 67.8 Å². The zero-order chi connectivity index (χ0) is 23.0. The molecule has 1 aliphatic rings. The number of nitrogens with one attached hydrogen (secondary N) is 1. The molecule has 170 valence electrons. The van der Waals surface area contributed by atoms with Crippen molar-refractivity contribution in [1.29, 1.82) is 0 Å². The quantitative estimate of drug-likeness (QED) is 0.679. The van der Waals surface area contributed by atoms with Crippen LogP contribution in [0.2, 0.25) is 0 Å². The SMILES string of the molecule is C[C@@H](Nc1cc(-c2ccn(CC(F)(F)F)n2)ncn1)C(=O)N1C[C@H](OC(F)(F)F)[C@@H]1C. The number of rotatable bonds is 6. The van der Waals surface area contributed by atoms with Crippen LogP contribution in [0.5, 0.6) is 0 Å². The number of halogens is 6. The zero-order valence-electron chi connectivity index (χ0n) is 16.3. The van der Waals surface area contributed by atoms with Crippen molar-refractivity contribution in [3.63, 3.8) is 0 Å². The molecule has 1 aliphatic heterocycles. The number of carbonyl (C=O) groups is 1. The maximum absolute atomic E-state index is 12.5. The van der Waals surface area contributed by atoms with Crippen LogP contribution in [0.1, 0.15) is 13.8 Å². The van der Waals surface area contributed by atoms with E-state index in [4.69, 9.17) is 0 Å². The maximum Gasteiger partial charge on any atom is 0.522 e. The van der Waals surface area contributed by atoms with E-state index in [9.17, 15) is 31.1 Å². The lowest BCUT2D eigenvalue weighted by molar-refractivity contribution is -0.359. The van der Waals surface area contributed by atoms with Gasteiger partial charge in [-0.3, -0.25) is 14.2 Å². The molecule has 31 heavy (non-hydrogen) atoms. The summed E-state index contributed by atoms with van der Waals surface area (Å²) in [6, 6.07) is 1.17. The molecule has 0 spiro atoms. The van der Waals surface area contributed by atoms with E-state index in [1.807, 2.05) is 0 Å². The highest BCUT2D eigenvalue weighted by Gasteiger charge is 2.46. The van der Waals surface area contributed by atoms with E-state index in [0.29, 0.717) is 0 Å². The van der Waals surface area contributed by atoms with Gasteiger partial charge in [0.15, 0.2) is 0 Å². The average Bonchev–Trinajstić information content (AvgIpc) is 3.10. The van der Waals surface area contributed by atoms with Gasteiger partial charge in [-0.1, -0.05) is 0 Å². The molecule has 0 saturated carbocycles. The summed E-state index contributed by atoms with van der Waals surface area (Å²) in [5.41, 5.74) is 0.409. The van der Waals surface area contributed by atoms with Gasteiger partial charge in [0.2, 0.25) is 5.91 Å². The molecule has 2 aromatic rings. The minimum Gasteiger partial charge on any atom is -0.359 e. The van der Waals surface area contributed by atoms with Crippen molar-refractivity contribution in [2.24, 2.45) is 0 Å². The second-order valence-corrected chi connectivity index (χ2v) is 7.00. The van der Waals surface area contributed by atoms with Gasteiger partial charge in [0, 0.05) is 18.8 Å². The summed E-state index contributed by atoms with van der Waals surface area (Å²) in [5, 5.41) is 6.63. The Morgan fingerprint density at radius 2 is 1.97 bits per heavy atom. The summed E-state index contributed by atoms with van der Waals surface area (Å²) < 4.78 is 79.0. The van der Waals surface area contributed by atoms with Gasteiger partial charge in [0.1, 0.15) is 36.5 Å². The lowest BCUT2D eigenvalue weighted by atomic mass is 10.00. The molecule has 8 nitrogen and oxygen atoms in total. The molecule has 1 amide bonds. The largest absolute Gasteiger partial charge is 0.522 e. The van der Waals surface area contributed by atoms with Gasteiger partial charge in [0.25, 0.3) is 0 Å². The fraction of sp³-hybridized carbons (Fsp3) is 0.529. The topological polar surface area (TPSA) is 85.2 Å². The molecular formula is C17H18F6N6O2. The monoisotopic (exact) mass is 452 g/mol. The molecular weight excluding hydrogens is 434 g/mol. The molecule has 3 atom stereocenters. The van der Waals surface area contributed by atoms with E-state index in [2.05, 4.69) is 25.1 Å². The van der Waals surface area contributed by atoms with Crippen LogP contribution in [0, 0.1) is 0 Å². The third-order valence-corrected chi connectivity index (χ3v) is 4.62. The van der Waals surface area contributed by atoms with Crippen molar-refractivity contribution in [3.8, 4) is 11.4 Å². The Hall–Kier alpha value is -2.90. The zero-order valence-corrected chi connectivity index (χ0v) is 16.3. The highest BCUT2D eigenvalue weighted by atomic mass is 19.4. The number of nitrogens with zero attached hydrogens (tertiary/aromatic N) is 5. The van der Waals surface area contributed by atoms with E-state index >= 15 is 0 Å². The second-order valence-electron chi connectivity index (χ2n) is 7.00. The van der Waals surface area contributed by atoms with Gasteiger partial charge in [-0.25, -0.2) is 9.97 Å². The van der Waals surface area contributed by atoms with Gasteiger partial charge >= 0.3 is 12.5 Å². The molecule has 3 heterocycles. The third-order valence-electron chi connectivity index (χ3n) is 4.62. The first-order chi connectivity index (χ1) is 14.3. The van der Waals surface area contributed by atoms with Crippen LogP contribution in [0.25, 0.3) is 11.4 Å². The molecule has 1 N–H and O–H groups in total. The van der Waals surface area contributed by atoms with Crippen LogP contribution < -0.4 is 5.32 Å². The first-order valence-electron chi connectivity index (χ1n) is 9.06. The summed E-state index contributed by atoms with van der Waals surface area (Å²) in [7, 11) is 0. The normalized spacial score (nSPS) is 20.3. The number of ether oxygens (including phenoxy) is 1. The Labute approximate surface area is 172 Å². The van der Waals surface area contributed by atoms with Crippen molar-refractivity contribution in [3.05, 3.63) is 24.7 Å². The molecule has 0 aliphatic carbocycles. The smallest absolute Gasteiger partial charge is 0.359 e. The van der Waals surface area contributed by atoms with Crippen molar-refractivity contribution < 1.29 is 35.9 Å². The first kappa shape index (κ1) is 22.8. The predicted octanol–water partition coefficient (Wildman–Crippen LogP) is 2.84. The summed E-state index contributed by atoms with van der Waals surface area (Å²) in [6.07, 6.45) is -8.02. The Kier molecular flexibility index (Phi) is 6.11. The summed E-state index contributed by atoms with van der Waals surface area (Å²) in [5.74, 6) is -0.253. The van der Waals surface area contributed by atoms with E-state index in [1.165, 1.54) is 30.9 Å². The number of carbonyl (C=O) groups excluding carboxylic acids is 1. The van der Waals surface area contributed by atoms with E-state index < -0.39 is 43.2 Å². The number of hydrogen-bond donors (Lipinski definition) is 1. The molecule has 0 unspecified atom stereocenters. The van der Waals surface area contributed by atoms with Crippen LogP contribution in [0.3, 0.4) is 0 Å². The summed E-state index contributed by atoms with van der Waals surface area (Å²) in [4.78, 5) is 21.7. The lowest BCUT2D eigenvalue weighted by Crippen LogP contribution is -2.64. The van der Waals surface area contributed by atoms with Crippen molar-refractivity contribution in [2.45, 2.75) is 51.1 Å². The third kappa shape index (κ3) is 5.83. The standard InChI is InChI=1S/C17H18F6N6O2/c1-9(15(30)29-6-13(10(29)2)31-17(21,22)23)26-14-5-12(24-8-25-14)11-3-4-28(27-11)7-16(18,19)20/h3-5,8-10,13H,6-7H2,1-2H3,(H,24,25,26)/t9-,10+,13+/m1/s1. The number of likely N-dealkylation sites (tertiary alicyclic amines) is 1. The van der Waals surface area contributed by atoms with E-state index in [0.717, 1.165) is 17.2 Å². The van der Waals surface area contributed by atoms with Crippen LogP contribution in [-0.2, 0) is 16.1 Å². The van der Waals surface area contributed by atoms with Crippen molar-refractivity contribution >= 4 is 11.7 Å². The molecule has 0 aromatic carbocycles. The van der Waals surface area contributed by atoms with Crippen molar-refractivity contribution in [2.75, 3.05) is 11.9 Å². The number of aromatic nitrogens is 4. The highest BCUT2D eigenvalue weighted by molar-refractivity contribution is 5.85. The Morgan fingerprint density at radius 3 is 2.58 bits per heavy atom. The minimum absolute atomic E-state index is 0.178. The maximum atomic E-state index is 12.5. The Bertz CT molecular complexity index is 930. The number of hydrogen-bond acceptors (Lipinski definition) is 6. The van der Waals surface area contributed by atoms with Crippen LogP contribution in [0.4, 0.5) is 32.2 Å². The first-order valence-corrected chi connectivity index (χ1v) is 9.06. The van der Waals surface area contributed by atoms with E-state index in [1.54, 1.807) is 0 Å². The van der Waals surface area contributed by atoms with Gasteiger partial charge in [-0.05, 0) is 19.9 Å². The molecule has 14 heteroatoms. The van der Waals surface area contributed by atoms with Gasteiger partial charge in [-0.2, -0.15) is 18.3 Å². The van der Waals surface area contributed by atoms with Gasteiger partial charge in [-0.15, -0.1) is 13.2 Å². The fourth-order valence-corrected chi connectivity index (χ4v) is 3.05. The summed E-state index contributed by atoms with van der Waals surface area (Å²) in [6.45, 7) is 1.51. The minimum atomic E-state index is -4.78. The fourth-order valence-electron chi connectivity index (χ4n) is 3.05. The molecule has 2 aromatic heterocycles. The van der Waals surface area contributed by atoms with Gasteiger partial charge in [0.05, 0.1) is 11.7 Å². The number of amides is 1. The molecule has 3 rings (SSSR count). The Balaban J connectivity index is 1.61. The average molecular weight is 452 g/mol. The predicted molar refractivity (Wildman–Crippen MR) is 94.5 cm³/mol. The Morgan fingerprint density at radius 1 is 1.26 bits per heavy atom. The van der Waals surface area contributed by atoms with Crippen LogP contribution in [0.15, 0.2) is 24.7 Å². The molecule has 0 bridgehead atoms. The van der Waals surface area contributed by atoms with Crippen LogP contribution >= 0.6 is 0 Å². The summed E-state index contributed by atoms with van der Waals surface area (Å²) >= 11 is 0. The van der Waals surface area contributed by atoms with Gasteiger partial charge < -0.3 is 10.2 Å². The lowest BCUT2D eigenvalue weighted by Gasteiger charge is -2.46. The second kappa shape index (κ2) is 8.32. The highest BCUT2D eigenvalue weighted by Crippen LogP contribution is 2.29. The van der Waals surface area contributed by atoms with Crippen molar-refractivity contribution in [1.82, 2.24) is 24.6 Å². The number of anilines is 1. The molecule has 1 fully saturated rings. The van der Waals surface area contributed by atoms with E-state index in [-0.39, 0.29) is 23.8 Å². The number of alkyl halides is 6.